The van der Waals surface area contributed by atoms with Gasteiger partial charge in [0.1, 0.15) is 22.1 Å². The molecule has 0 spiro atoms. The number of esters is 1. The van der Waals surface area contributed by atoms with Crippen molar-refractivity contribution in [3.05, 3.63) is 54.1 Å². The largest absolute Gasteiger partial charge is 0.478 e. The summed E-state index contributed by atoms with van der Waals surface area (Å²) in [5, 5.41) is 4.02. The fourth-order valence-electron chi connectivity index (χ4n) is 2.33. The van der Waals surface area contributed by atoms with E-state index in [2.05, 4.69) is 31.2 Å². The number of nitrogens with one attached hydrogen (secondary N) is 1. The fraction of sp³-hybridized carbons (Fsp3) is 0.190. The van der Waals surface area contributed by atoms with Crippen molar-refractivity contribution in [1.82, 2.24) is 19.9 Å². The fourth-order valence-corrected chi connectivity index (χ4v) is 3.13. The van der Waals surface area contributed by atoms with E-state index in [1.807, 2.05) is 30.3 Å². The van der Waals surface area contributed by atoms with Gasteiger partial charge in [-0.1, -0.05) is 18.2 Å². The molecule has 3 aromatic rings. The zero-order chi connectivity index (χ0) is 21.5. The molecule has 0 saturated carbocycles. The minimum absolute atomic E-state index is 0.144. The van der Waals surface area contributed by atoms with Gasteiger partial charge in [0.05, 0.1) is 13.2 Å². The monoisotopic (exact) mass is 421 g/mol. The van der Waals surface area contributed by atoms with Crippen molar-refractivity contribution in [2.24, 2.45) is 0 Å². The predicted octanol–water partition coefficient (Wildman–Crippen LogP) is 3.72. The molecule has 0 radical (unpaired) electrons. The maximum atomic E-state index is 12.1. The summed E-state index contributed by atoms with van der Waals surface area (Å²) in [4.78, 5) is 29.2. The van der Waals surface area contributed by atoms with Crippen LogP contribution in [-0.4, -0.2) is 39.1 Å². The van der Waals surface area contributed by atoms with E-state index in [9.17, 15) is 4.79 Å². The number of terminal acetylenes is 1. The number of para-hydroxylation sites is 1. The molecule has 0 saturated heterocycles. The molecule has 0 unspecified atom stereocenters. The molecule has 0 aliphatic heterocycles. The molecule has 2 heterocycles. The van der Waals surface area contributed by atoms with Crippen LogP contribution in [-0.2, 0) is 4.74 Å². The Bertz CT molecular complexity index is 1080. The Morgan fingerprint density at radius 1 is 1.20 bits per heavy atom. The third-order valence-electron chi connectivity index (χ3n) is 3.59. The summed E-state index contributed by atoms with van der Waals surface area (Å²) < 4.78 is 10.5. The number of hydrogen-bond acceptors (Lipinski definition) is 9. The van der Waals surface area contributed by atoms with E-state index < -0.39 is 5.97 Å². The Labute approximate surface area is 178 Å². The third kappa shape index (κ3) is 5.24. The number of carbonyl (C=O) groups excluding carboxylic acids is 1. The minimum atomic E-state index is -0.530. The van der Waals surface area contributed by atoms with Gasteiger partial charge in [0.25, 0.3) is 5.88 Å². The SMILES string of the molecule is C#Cc1nc(Nc2ccccc2)c(OC)nc1Sc1cc(C(=O)OC(C)C)ncn1. The second-order valence-corrected chi connectivity index (χ2v) is 7.18. The van der Waals surface area contributed by atoms with Crippen LogP contribution in [0.4, 0.5) is 11.5 Å². The first-order chi connectivity index (χ1) is 14.5. The highest BCUT2D eigenvalue weighted by Gasteiger charge is 2.17. The molecule has 9 heteroatoms. The molecule has 0 bridgehead atoms. The van der Waals surface area contributed by atoms with Gasteiger partial charge in [-0.25, -0.2) is 24.7 Å². The number of methoxy groups -OCH3 is 1. The highest BCUT2D eigenvalue weighted by atomic mass is 32.2. The topological polar surface area (TPSA) is 99.1 Å². The molecule has 2 aromatic heterocycles. The zero-order valence-electron chi connectivity index (χ0n) is 16.6. The van der Waals surface area contributed by atoms with E-state index in [4.69, 9.17) is 15.9 Å². The van der Waals surface area contributed by atoms with E-state index in [1.54, 1.807) is 13.8 Å². The normalized spacial score (nSPS) is 10.4. The number of carbonyl (C=O) groups is 1. The number of benzene rings is 1. The lowest BCUT2D eigenvalue weighted by Crippen LogP contribution is -2.13. The highest BCUT2D eigenvalue weighted by molar-refractivity contribution is 7.99. The summed E-state index contributed by atoms with van der Waals surface area (Å²) in [6, 6.07) is 11.0. The first kappa shape index (κ1) is 21.1. The van der Waals surface area contributed by atoms with Crippen LogP contribution in [0.25, 0.3) is 0 Å². The maximum Gasteiger partial charge on any atom is 0.357 e. The van der Waals surface area contributed by atoms with Crippen molar-refractivity contribution in [2.45, 2.75) is 30.0 Å². The van der Waals surface area contributed by atoms with E-state index in [1.165, 1.54) is 19.5 Å². The molecule has 0 fully saturated rings. The van der Waals surface area contributed by atoms with Crippen molar-refractivity contribution in [3.63, 3.8) is 0 Å². The van der Waals surface area contributed by atoms with Gasteiger partial charge in [-0.15, -0.1) is 6.42 Å². The highest BCUT2D eigenvalue weighted by Crippen LogP contribution is 2.32. The minimum Gasteiger partial charge on any atom is -0.478 e. The molecule has 152 valence electrons. The van der Waals surface area contributed by atoms with E-state index >= 15 is 0 Å². The lowest BCUT2D eigenvalue weighted by atomic mass is 10.3. The molecule has 0 aliphatic rings. The molecule has 0 amide bonds. The van der Waals surface area contributed by atoms with Crippen LogP contribution in [0.15, 0.2) is 52.8 Å². The van der Waals surface area contributed by atoms with Crippen LogP contribution >= 0.6 is 11.8 Å². The van der Waals surface area contributed by atoms with Gasteiger partial charge in [0.2, 0.25) is 0 Å². The Morgan fingerprint density at radius 2 is 1.97 bits per heavy atom. The Hall–Kier alpha value is -3.64. The van der Waals surface area contributed by atoms with Crippen LogP contribution in [0, 0.1) is 12.3 Å². The molecule has 0 atom stereocenters. The Balaban J connectivity index is 1.89. The van der Waals surface area contributed by atoms with Gasteiger partial charge in [-0.05, 0) is 43.7 Å². The molecule has 3 rings (SSSR count). The molecule has 0 aliphatic carbocycles. The molecule has 1 aromatic carbocycles. The Morgan fingerprint density at radius 3 is 2.63 bits per heavy atom. The zero-order valence-corrected chi connectivity index (χ0v) is 17.4. The summed E-state index contributed by atoms with van der Waals surface area (Å²) in [7, 11) is 1.49. The maximum absolute atomic E-state index is 12.1. The van der Waals surface area contributed by atoms with Crippen molar-refractivity contribution in [1.29, 1.82) is 0 Å². The first-order valence-corrected chi connectivity index (χ1v) is 9.77. The lowest BCUT2D eigenvalue weighted by Gasteiger charge is -2.12. The average Bonchev–Trinajstić information content (AvgIpc) is 2.75. The van der Waals surface area contributed by atoms with Crippen LogP contribution in [0.1, 0.15) is 30.0 Å². The van der Waals surface area contributed by atoms with Gasteiger partial charge in [0, 0.05) is 11.8 Å². The molecule has 8 nitrogen and oxygen atoms in total. The lowest BCUT2D eigenvalue weighted by molar-refractivity contribution is 0.0370. The summed E-state index contributed by atoms with van der Waals surface area (Å²) in [5.74, 6) is 2.67. The summed E-state index contributed by atoms with van der Waals surface area (Å²) >= 11 is 1.15. The van der Waals surface area contributed by atoms with Crippen LogP contribution < -0.4 is 10.1 Å². The quantitative estimate of drug-likeness (QED) is 0.348. The molecular weight excluding hydrogens is 402 g/mol. The smallest absolute Gasteiger partial charge is 0.357 e. The summed E-state index contributed by atoms with van der Waals surface area (Å²) in [6.45, 7) is 3.53. The predicted molar refractivity (Wildman–Crippen MR) is 113 cm³/mol. The Kier molecular flexibility index (Phi) is 6.83. The first-order valence-electron chi connectivity index (χ1n) is 8.95. The second kappa shape index (κ2) is 9.71. The van der Waals surface area contributed by atoms with Crippen molar-refractivity contribution < 1.29 is 14.3 Å². The van der Waals surface area contributed by atoms with E-state index in [0.29, 0.717) is 21.6 Å². The van der Waals surface area contributed by atoms with E-state index in [-0.39, 0.29) is 17.7 Å². The number of nitrogens with zero attached hydrogens (tertiary/aromatic N) is 4. The number of rotatable bonds is 7. The van der Waals surface area contributed by atoms with Gasteiger partial charge in [-0.3, -0.25) is 0 Å². The van der Waals surface area contributed by atoms with Crippen LogP contribution in [0.3, 0.4) is 0 Å². The average molecular weight is 421 g/mol. The van der Waals surface area contributed by atoms with E-state index in [0.717, 1.165) is 17.4 Å². The third-order valence-corrected chi connectivity index (χ3v) is 4.50. The van der Waals surface area contributed by atoms with Crippen LogP contribution in [0.5, 0.6) is 5.88 Å². The summed E-state index contributed by atoms with van der Waals surface area (Å²) in [6.07, 6.45) is 6.68. The standard InChI is InChI=1S/C21H19N5O3S/c1-5-15-20(30-17-11-16(22-12-23-17)21(27)29-13(2)3)26-19(28-4)18(25-15)24-14-9-7-6-8-10-14/h1,6-13H,2-4H3,(H,24,25). The molecular formula is C21H19N5O3S. The van der Waals surface area contributed by atoms with Gasteiger partial charge < -0.3 is 14.8 Å². The number of aromatic nitrogens is 4. The van der Waals surface area contributed by atoms with Gasteiger partial charge >= 0.3 is 5.97 Å². The van der Waals surface area contributed by atoms with Crippen molar-refractivity contribution in [2.75, 3.05) is 12.4 Å². The van der Waals surface area contributed by atoms with Gasteiger partial charge in [0.15, 0.2) is 11.5 Å². The molecule has 1 N–H and O–H groups in total. The van der Waals surface area contributed by atoms with Crippen molar-refractivity contribution in [3.8, 4) is 18.2 Å². The van der Waals surface area contributed by atoms with Crippen molar-refractivity contribution >= 4 is 29.2 Å². The number of ether oxygens (including phenoxy) is 2. The number of hydrogen-bond donors (Lipinski definition) is 1. The van der Waals surface area contributed by atoms with Gasteiger partial charge in [-0.2, -0.15) is 0 Å². The number of anilines is 2. The van der Waals surface area contributed by atoms with Crippen LogP contribution in [0.2, 0.25) is 0 Å². The second-order valence-electron chi connectivity index (χ2n) is 6.17. The molecule has 30 heavy (non-hydrogen) atoms. The summed E-state index contributed by atoms with van der Waals surface area (Å²) in [5.41, 5.74) is 1.27.